The fourth-order valence-corrected chi connectivity index (χ4v) is 2.19. The Bertz CT molecular complexity index is 334. The second-order valence-corrected chi connectivity index (χ2v) is 4.54. The zero-order chi connectivity index (χ0) is 11.4. The van der Waals surface area contributed by atoms with Crippen LogP contribution in [0.25, 0.3) is 0 Å². The summed E-state index contributed by atoms with van der Waals surface area (Å²) in [4.78, 5) is 10.9. The van der Waals surface area contributed by atoms with Crippen molar-refractivity contribution in [2.45, 2.75) is 32.7 Å². The molecule has 16 heavy (non-hydrogen) atoms. The summed E-state index contributed by atoms with van der Waals surface area (Å²) in [6.07, 6.45) is 4.49. The van der Waals surface area contributed by atoms with Gasteiger partial charge >= 0.3 is 0 Å². The van der Waals surface area contributed by atoms with Crippen LogP contribution in [-0.4, -0.2) is 40.5 Å². The fraction of sp³-hybridized carbons (Fsp3) is 0.667. The van der Waals surface area contributed by atoms with E-state index in [-0.39, 0.29) is 0 Å². The topological polar surface area (TPSA) is 41.1 Å². The zero-order valence-corrected chi connectivity index (χ0v) is 10.1. The van der Waals surface area contributed by atoms with Gasteiger partial charge in [0.2, 0.25) is 0 Å². The van der Waals surface area contributed by atoms with Crippen molar-refractivity contribution in [3.05, 3.63) is 18.1 Å². The van der Waals surface area contributed by atoms with E-state index in [0.717, 1.165) is 18.2 Å². The van der Waals surface area contributed by atoms with Crippen molar-refractivity contribution >= 4 is 5.82 Å². The molecule has 1 aromatic heterocycles. The molecule has 1 aliphatic heterocycles. The number of likely N-dealkylation sites (tertiary alicyclic amines) is 1. The van der Waals surface area contributed by atoms with E-state index in [1.165, 1.54) is 25.9 Å². The SMILES string of the molecule is Cc1nccc(NC(C)CN2CCCC2)n1. The molecule has 2 heterocycles. The first-order valence-electron chi connectivity index (χ1n) is 6.02. The van der Waals surface area contributed by atoms with Crippen LogP contribution >= 0.6 is 0 Å². The van der Waals surface area contributed by atoms with Gasteiger partial charge in [-0.05, 0) is 45.8 Å². The lowest BCUT2D eigenvalue weighted by atomic mass is 10.3. The van der Waals surface area contributed by atoms with E-state index < -0.39 is 0 Å². The number of nitrogens with zero attached hydrogens (tertiary/aromatic N) is 3. The molecule has 0 aliphatic carbocycles. The van der Waals surface area contributed by atoms with Crippen molar-refractivity contribution in [2.75, 3.05) is 25.0 Å². The van der Waals surface area contributed by atoms with Crippen LogP contribution in [0.2, 0.25) is 0 Å². The van der Waals surface area contributed by atoms with Gasteiger partial charge in [-0.3, -0.25) is 0 Å². The van der Waals surface area contributed by atoms with Crippen molar-refractivity contribution in [2.24, 2.45) is 0 Å². The van der Waals surface area contributed by atoms with Crippen molar-refractivity contribution in [3.63, 3.8) is 0 Å². The summed E-state index contributed by atoms with van der Waals surface area (Å²) in [7, 11) is 0. The molecule has 2 rings (SSSR count). The maximum Gasteiger partial charge on any atom is 0.129 e. The normalized spacial score (nSPS) is 18.6. The lowest BCUT2D eigenvalue weighted by Crippen LogP contribution is -2.33. The molecule has 0 spiro atoms. The van der Waals surface area contributed by atoms with Gasteiger partial charge in [-0.2, -0.15) is 0 Å². The standard InChI is InChI=1S/C12H20N4/c1-10(9-16-7-3-4-8-16)14-12-5-6-13-11(2)15-12/h5-6,10H,3-4,7-9H2,1-2H3,(H,13,14,15). The molecule has 0 amide bonds. The third kappa shape index (κ3) is 3.17. The Morgan fingerprint density at radius 3 is 2.88 bits per heavy atom. The first kappa shape index (κ1) is 11.3. The molecule has 0 saturated carbocycles. The maximum absolute atomic E-state index is 4.35. The Kier molecular flexibility index (Phi) is 3.72. The lowest BCUT2D eigenvalue weighted by Gasteiger charge is -2.21. The van der Waals surface area contributed by atoms with Gasteiger partial charge in [0.05, 0.1) is 0 Å². The highest BCUT2D eigenvalue weighted by Crippen LogP contribution is 2.10. The number of rotatable bonds is 4. The Hall–Kier alpha value is -1.16. The number of hydrogen-bond acceptors (Lipinski definition) is 4. The predicted molar refractivity (Wildman–Crippen MR) is 65.5 cm³/mol. The highest BCUT2D eigenvalue weighted by Gasteiger charge is 2.14. The Balaban J connectivity index is 1.84. The van der Waals surface area contributed by atoms with Crippen molar-refractivity contribution < 1.29 is 0 Å². The molecule has 1 unspecified atom stereocenters. The molecular formula is C12H20N4. The van der Waals surface area contributed by atoms with Crippen LogP contribution in [0, 0.1) is 6.92 Å². The molecule has 1 saturated heterocycles. The number of anilines is 1. The van der Waals surface area contributed by atoms with Crippen LogP contribution in [-0.2, 0) is 0 Å². The van der Waals surface area contributed by atoms with Crippen LogP contribution in [0.1, 0.15) is 25.6 Å². The molecule has 0 aromatic carbocycles. The number of nitrogens with one attached hydrogen (secondary N) is 1. The van der Waals surface area contributed by atoms with Crippen molar-refractivity contribution in [3.8, 4) is 0 Å². The Morgan fingerprint density at radius 2 is 2.19 bits per heavy atom. The summed E-state index contributed by atoms with van der Waals surface area (Å²) in [6, 6.07) is 2.36. The van der Waals surface area contributed by atoms with Crippen LogP contribution in [0.3, 0.4) is 0 Å². The quantitative estimate of drug-likeness (QED) is 0.838. The molecule has 1 aromatic rings. The van der Waals surface area contributed by atoms with Gasteiger partial charge in [-0.1, -0.05) is 0 Å². The van der Waals surface area contributed by atoms with Crippen molar-refractivity contribution in [1.29, 1.82) is 0 Å². The van der Waals surface area contributed by atoms with E-state index in [2.05, 4.69) is 27.1 Å². The van der Waals surface area contributed by atoms with Gasteiger partial charge in [-0.15, -0.1) is 0 Å². The summed E-state index contributed by atoms with van der Waals surface area (Å²) >= 11 is 0. The van der Waals surface area contributed by atoms with Gasteiger partial charge in [-0.25, -0.2) is 9.97 Å². The molecule has 1 N–H and O–H groups in total. The van der Waals surface area contributed by atoms with E-state index in [1.54, 1.807) is 6.20 Å². The van der Waals surface area contributed by atoms with Gasteiger partial charge < -0.3 is 10.2 Å². The summed E-state index contributed by atoms with van der Waals surface area (Å²) in [5.74, 6) is 1.75. The van der Waals surface area contributed by atoms with Crippen LogP contribution < -0.4 is 5.32 Å². The summed E-state index contributed by atoms with van der Waals surface area (Å²) < 4.78 is 0. The lowest BCUT2D eigenvalue weighted by molar-refractivity contribution is 0.327. The van der Waals surface area contributed by atoms with E-state index in [1.807, 2.05) is 13.0 Å². The third-order valence-electron chi connectivity index (χ3n) is 2.90. The Morgan fingerprint density at radius 1 is 1.44 bits per heavy atom. The zero-order valence-electron chi connectivity index (χ0n) is 10.1. The monoisotopic (exact) mass is 220 g/mol. The summed E-state index contributed by atoms with van der Waals surface area (Å²) in [6.45, 7) is 7.71. The van der Waals surface area contributed by atoms with Gasteiger partial charge in [0, 0.05) is 18.8 Å². The minimum Gasteiger partial charge on any atom is -0.366 e. The fourth-order valence-electron chi connectivity index (χ4n) is 2.19. The molecule has 88 valence electrons. The van der Waals surface area contributed by atoms with Gasteiger partial charge in [0.25, 0.3) is 0 Å². The highest BCUT2D eigenvalue weighted by atomic mass is 15.2. The molecular weight excluding hydrogens is 200 g/mol. The largest absolute Gasteiger partial charge is 0.366 e. The smallest absolute Gasteiger partial charge is 0.129 e. The average Bonchev–Trinajstić information content (AvgIpc) is 2.70. The molecule has 4 heteroatoms. The second kappa shape index (κ2) is 5.25. The molecule has 1 aliphatic rings. The first-order valence-corrected chi connectivity index (χ1v) is 6.02. The summed E-state index contributed by atoms with van der Waals surface area (Å²) in [5, 5.41) is 3.42. The first-order chi connectivity index (χ1) is 7.74. The van der Waals surface area contributed by atoms with E-state index in [0.29, 0.717) is 6.04 Å². The minimum atomic E-state index is 0.437. The summed E-state index contributed by atoms with van der Waals surface area (Å²) in [5.41, 5.74) is 0. The number of hydrogen-bond donors (Lipinski definition) is 1. The highest BCUT2D eigenvalue weighted by molar-refractivity contribution is 5.33. The van der Waals surface area contributed by atoms with Crippen molar-refractivity contribution in [1.82, 2.24) is 14.9 Å². The Labute approximate surface area is 97.1 Å². The van der Waals surface area contributed by atoms with Gasteiger partial charge in [0.15, 0.2) is 0 Å². The average molecular weight is 220 g/mol. The van der Waals surface area contributed by atoms with E-state index in [9.17, 15) is 0 Å². The van der Waals surface area contributed by atoms with Crippen LogP contribution in [0.5, 0.6) is 0 Å². The predicted octanol–water partition coefficient (Wildman–Crippen LogP) is 1.68. The molecule has 4 nitrogen and oxygen atoms in total. The van der Waals surface area contributed by atoms with Crippen LogP contribution in [0.4, 0.5) is 5.82 Å². The number of aromatic nitrogens is 2. The van der Waals surface area contributed by atoms with E-state index >= 15 is 0 Å². The third-order valence-corrected chi connectivity index (χ3v) is 2.90. The number of aryl methyl sites for hydroxylation is 1. The van der Waals surface area contributed by atoms with Gasteiger partial charge in [0.1, 0.15) is 11.6 Å². The second-order valence-electron chi connectivity index (χ2n) is 4.54. The molecule has 1 fully saturated rings. The van der Waals surface area contributed by atoms with Crippen LogP contribution in [0.15, 0.2) is 12.3 Å². The molecule has 0 radical (unpaired) electrons. The maximum atomic E-state index is 4.35. The molecule has 0 bridgehead atoms. The van der Waals surface area contributed by atoms with E-state index in [4.69, 9.17) is 0 Å². The minimum absolute atomic E-state index is 0.437. The molecule has 1 atom stereocenters.